The molecule has 140 valence electrons. The molecule has 0 bridgehead atoms. The molecule has 1 atom stereocenters. The average molecular weight is 387 g/mol. The monoisotopic (exact) mass is 386 g/mol. The third-order valence-electron chi connectivity index (χ3n) is 4.96. The highest BCUT2D eigenvalue weighted by Gasteiger charge is 2.34. The van der Waals surface area contributed by atoms with Crippen LogP contribution < -0.4 is 10.6 Å². The first-order valence-electron chi connectivity index (χ1n) is 8.55. The molecule has 1 aliphatic heterocycles. The molecular weight excluding hydrogens is 359 g/mol. The molecule has 0 amide bonds. The largest absolute Gasteiger partial charge is 0.381 e. The molecule has 2 N–H and O–H groups in total. The number of hydrogen-bond donors (Lipinski definition) is 2. The predicted molar refractivity (Wildman–Crippen MR) is 106 cm³/mol. The molecular formula is C18H28Cl2N4O. The molecule has 1 aliphatic rings. The molecule has 0 aliphatic carbocycles. The first-order chi connectivity index (χ1) is 11.9. The van der Waals surface area contributed by atoms with E-state index in [0.717, 1.165) is 44.1 Å². The van der Waals surface area contributed by atoms with Crippen molar-refractivity contribution in [2.24, 2.45) is 4.99 Å². The van der Waals surface area contributed by atoms with Gasteiger partial charge in [0.1, 0.15) is 0 Å². The number of guanidine groups is 1. The summed E-state index contributed by atoms with van der Waals surface area (Å²) >= 11 is 12.3. The molecule has 0 aromatic heterocycles. The fourth-order valence-electron chi connectivity index (χ4n) is 3.11. The first kappa shape index (κ1) is 20.3. The van der Waals surface area contributed by atoms with E-state index in [0.29, 0.717) is 10.0 Å². The van der Waals surface area contributed by atoms with Crippen LogP contribution in [0.1, 0.15) is 31.4 Å². The summed E-state index contributed by atoms with van der Waals surface area (Å²) in [6, 6.07) is 5.56. The quantitative estimate of drug-likeness (QED) is 0.601. The minimum atomic E-state index is 0.0148. The van der Waals surface area contributed by atoms with E-state index >= 15 is 0 Å². The van der Waals surface area contributed by atoms with Crippen LogP contribution in [0.15, 0.2) is 23.2 Å². The van der Waals surface area contributed by atoms with Crippen molar-refractivity contribution < 1.29 is 4.74 Å². The Morgan fingerprint density at radius 3 is 2.56 bits per heavy atom. The Labute approximate surface area is 160 Å². The zero-order valence-corrected chi connectivity index (χ0v) is 16.9. The summed E-state index contributed by atoms with van der Waals surface area (Å²) in [5, 5.41) is 8.15. The van der Waals surface area contributed by atoms with Crippen LogP contribution in [0.3, 0.4) is 0 Å². The highest BCUT2D eigenvalue weighted by atomic mass is 35.5. The molecule has 1 aromatic carbocycles. The number of halogens is 2. The fraction of sp³-hybridized carbons (Fsp3) is 0.611. The molecule has 5 nitrogen and oxygen atoms in total. The third-order valence-corrected chi connectivity index (χ3v) is 5.53. The molecule has 1 fully saturated rings. The number of aliphatic imine (C=N–C) groups is 1. The van der Waals surface area contributed by atoms with Crippen LogP contribution in [-0.2, 0) is 4.74 Å². The number of nitrogens with one attached hydrogen (secondary N) is 2. The fourth-order valence-corrected chi connectivity index (χ4v) is 3.68. The van der Waals surface area contributed by atoms with Gasteiger partial charge in [-0.1, -0.05) is 29.3 Å². The normalized spacial score (nSPS) is 18.9. The third kappa shape index (κ3) is 5.23. The van der Waals surface area contributed by atoms with Gasteiger partial charge in [0.05, 0.1) is 6.04 Å². The molecule has 25 heavy (non-hydrogen) atoms. The van der Waals surface area contributed by atoms with E-state index in [2.05, 4.69) is 41.5 Å². The number of hydrogen-bond acceptors (Lipinski definition) is 3. The molecule has 1 saturated heterocycles. The first-order valence-corrected chi connectivity index (χ1v) is 9.31. The van der Waals surface area contributed by atoms with Crippen molar-refractivity contribution in [1.29, 1.82) is 0 Å². The van der Waals surface area contributed by atoms with Crippen LogP contribution in [-0.4, -0.2) is 57.3 Å². The van der Waals surface area contributed by atoms with Gasteiger partial charge in [-0.15, -0.1) is 0 Å². The maximum atomic E-state index is 6.31. The molecule has 0 spiro atoms. The lowest BCUT2D eigenvalue weighted by molar-refractivity contribution is -0.00502. The lowest BCUT2D eigenvalue weighted by Gasteiger charge is -2.43. The molecule has 0 saturated carbocycles. The van der Waals surface area contributed by atoms with Crippen LogP contribution >= 0.6 is 23.2 Å². The van der Waals surface area contributed by atoms with Crippen LogP contribution in [0.2, 0.25) is 10.0 Å². The van der Waals surface area contributed by atoms with Gasteiger partial charge in [0.15, 0.2) is 5.96 Å². The summed E-state index contributed by atoms with van der Waals surface area (Å²) < 4.78 is 5.53. The number of likely N-dealkylation sites (N-methyl/N-ethyl adjacent to an activating group) is 1. The van der Waals surface area contributed by atoms with Gasteiger partial charge >= 0.3 is 0 Å². The van der Waals surface area contributed by atoms with E-state index in [4.69, 9.17) is 27.9 Å². The molecule has 2 rings (SSSR count). The van der Waals surface area contributed by atoms with Crippen molar-refractivity contribution >= 4 is 29.2 Å². The van der Waals surface area contributed by atoms with Crippen molar-refractivity contribution in [3.8, 4) is 0 Å². The number of nitrogens with zero attached hydrogens (tertiary/aromatic N) is 2. The van der Waals surface area contributed by atoms with Gasteiger partial charge in [0.2, 0.25) is 0 Å². The maximum Gasteiger partial charge on any atom is 0.191 e. The van der Waals surface area contributed by atoms with Crippen LogP contribution in [0.5, 0.6) is 0 Å². The molecule has 1 heterocycles. The minimum Gasteiger partial charge on any atom is -0.381 e. The number of ether oxygens (including phenoxy) is 1. The van der Waals surface area contributed by atoms with E-state index in [9.17, 15) is 0 Å². The van der Waals surface area contributed by atoms with Gasteiger partial charge in [0.25, 0.3) is 0 Å². The van der Waals surface area contributed by atoms with E-state index in [1.54, 1.807) is 13.1 Å². The zero-order valence-electron chi connectivity index (χ0n) is 15.4. The highest BCUT2D eigenvalue weighted by molar-refractivity contribution is 6.35. The number of rotatable bonds is 5. The Morgan fingerprint density at radius 2 is 2.00 bits per heavy atom. The Balaban J connectivity index is 2.00. The predicted octanol–water partition coefficient (Wildman–Crippen LogP) is 3.33. The highest BCUT2D eigenvalue weighted by Crippen LogP contribution is 2.27. The standard InChI is InChI=1S/C18H28Cl2N4O/c1-13(15-6-5-14(19)11-16(15)20)23-17(21-2)22-12-18(24(3)4)7-9-25-10-8-18/h5-6,11,13H,7-10,12H2,1-4H3,(H2,21,22,23). The Kier molecular flexibility index (Phi) is 7.37. The van der Waals surface area contributed by atoms with Gasteiger partial charge in [-0.3, -0.25) is 4.99 Å². The minimum absolute atomic E-state index is 0.0148. The van der Waals surface area contributed by atoms with Crippen molar-refractivity contribution in [1.82, 2.24) is 15.5 Å². The Morgan fingerprint density at radius 1 is 1.32 bits per heavy atom. The SMILES string of the molecule is CN=C(NCC1(N(C)C)CCOCC1)NC(C)c1ccc(Cl)cc1Cl. The second-order valence-corrected chi connectivity index (χ2v) is 7.53. The summed E-state index contributed by atoms with van der Waals surface area (Å²) in [7, 11) is 6.02. The Hall–Kier alpha value is -1.01. The van der Waals surface area contributed by atoms with Gasteiger partial charge < -0.3 is 20.3 Å². The molecule has 1 aromatic rings. The van der Waals surface area contributed by atoms with Gasteiger partial charge in [-0.05, 0) is 51.6 Å². The second kappa shape index (κ2) is 9.08. The van der Waals surface area contributed by atoms with Gasteiger partial charge in [-0.2, -0.15) is 0 Å². The van der Waals surface area contributed by atoms with E-state index in [-0.39, 0.29) is 11.6 Å². The van der Waals surface area contributed by atoms with Crippen LogP contribution in [0.4, 0.5) is 0 Å². The summed E-state index contributed by atoms with van der Waals surface area (Å²) in [5.74, 6) is 0.756. The maximum absolute atomic E-state index is 6.31. The zero-order chi connectivity index (χ0) is 18.4. The van der Waals surface area contributed by atoms with E-state index in [1.165, 1.54) is 0 Å². The second-order valence-electron chi connectivity index (χ2n) is 6.69. The molecule has 7 heteroatoms. The van der Waals surface area contributed by atoms with Crippen LogP contribution in [0, 0.1) is 0 Å². The van der Waals surface area contributed by atoms with Gasteiger partial charge in [-0.25, -0.2) is 0 Å². The van der Waals surface area contributed by atoms with Crippen molar-refractivity contribution in [2.75, 3.05) is 40.9 Å². The number of benzene rings is 1. The van der Waals surface area contributed by atoms with Crippen LogP contribution in [0.25, 0.3) is 0 Å². The van der Waals surface area contributed by atoms with E-state index in [1.807, 2.05) is 12.1 Å². The van der Waals surface area contributed by atoms with Gasteiger partial charge in [0, 0.05) is 42.4 Å². The molecule has 0 radical (unpaired) electrons. The van der Waals surface area contributed by atoms with Crippen molar-refractivity contribution in [3.63, 3.8) is 0 Å². The summed E-state index contributed by atoms with van der Waals surface area (Å²) in [6.07, 6.45) is 2.01. The Bertz CT molecular complexity index is 601. The average Bonchev–Trinajstić information content (AvgIpc) is 2.59. The summed E-state index contributed by atoms with van der Waals surface area (Å²) in [4.78, 5) is 6.64. The topological polar surface area (TPSA) is 48.9 Å². The van der Waals surface area contributed by atoms with E-state index < -0.39 is 0 Å². The summed E-state index contributed by atoms with van der Waals surface area (Å²) in [5.41, 5.74) is 1.07. The lowest BCUT2D eigenvalue weighted by atomic mass is 9.88. The van der Waals surface area contributed by atoms with Crippen molar-refractivity contribution in [3.05, 3.63) is 33.8 Å². The lowest BCUT2D eigenvalue weighted by Crippen LogP contribution is -2.57. The smallest absolute Gasteiger partial charge is 0.191 e. The molecule has 1 unspecified atom stereocenters. The summed E-state index contributed by atoms with van der Waals surface area (Å²) in [6.45, 7) is 4.45. The van der Waals surface area contributed by atoms with Crippen molar-refractivity contribution in [2.45, 2.75) is 31.3 Å².